The number of carbonyl (C=O) groups is 2. The van der Waals surface area contributed by atoms with Crippen molar-refractivity contribution in [3.8, 4) is 11.8 Å². The number of amides is 1. The third-order valence-corrected chi connectivity index (χ3v) is 6.92. The number of nitrogens with one attached hydrogen (secondary N) is 1. The fraction of sp³-hybridized carbons (Fsp3) is 0.464. The van der Waals surface area contributed by atoms with Crippen LogP contribution >= 0.6 is 11.6 Å². The molecule has 1 aliphatic rings. The van der Waals surface area contributed by atoms with Crippen molar-refractivity contribution in [3.63, 3.8) is 0 Å². The van der Waals surface area contributed by atoms with Crippen LogP contribution in [0.4, 0.5) is 10.7 Å². The summed E-state index contributed by atoms with van der Waals surface area (Å²) in [7, 11) is 1.51. The molecule has 1 aliphatic heterocycles. The largest absolute Gasteiger partial charge is 0.478 e. The van der Waals surface area contributed by atoms with Crippen LogP contribution in [0.3, 0.4) is 0 Å². The second-order valence-electron chi connectivity index (χ2n) is 10.9. The lowest BCUT2D eigenvalue weighted by Crippen LogP contribution is -2.49. The number of rotatable bonds is 6. The van der Waals surface area contributed by atoms with E-state index in [4.69, 9.17) is 21.3 Å². The van der Waals surface area contributed by atoms with E-state index < -0.39 is 28.9 Å². The molecule has 0 saturated carbocycles. The molecule has 2 N–H and O–H groups in total. The molecule has 0 aliphatic carbocycles. The van der Waals surface area contributed by atoms with Gasteiger partial charge in [-0.15, -0.1) is 5.92 Å². The lowest BCUT2D eigenvalue weighted by molar-refractivity contribution is 0.0499. The van der Waals surface area contributed by atoms with Crippen molar-refractivity contribution >= 4 is 40.8 Å². The highest BCUT2D eigenvalue weighted by atomic mass is 35.5. The number of hydrogen-bond acceptors (Lipinski definition) is 7. The lowest BCUT2D eigenvalue weighted by Gasteiger charge is -2.34. The molecule has 3 aromatic rings. The molecule has 3 heterocycles. The first kappa shape index (κ1) is 29.7. The predicted octanol–water partition coefficient (Wildman–Crippen LogP) is 2.81. The summed E-state index contributed by atoms with van der Waals surface area (Å²) in [6, 6.07) is 4.06. The maximum Gasteiger partial charge on any atom is 0.407 e. The molecule has 4 rings (SSSR count). The first-order valence-corrected chi connectivity index (χ1v) is 13.5. The number of halogens is 1. The van der Waals surface area contributed by atoms with E-state index in [1.165, 1.54) is 29.8 Å². The number of carboxylic acids is 1. The average molecular weight is 585 g/mol. The SMILES string of the molecule is CC#CCn1c(N2CCCC(NC(=O)OC(C)(C)C)C2)nc2c1c(=O)n(Cc1ccc(Cl)cc1C(=O)O)c(=O)n2C. The maximum absolute atomic E-state index is 13.9. The van der Waals surface area contributed by atoms with Gasteiger partial charge < -0.3 is 20.1 Å². The normalized spacial score (nSPS) is 15.4. The second kappa shape index (κ2) is 11.7. The Hall–Kier alpha value is -4.24. The minimum atomic E-state index is -1.22. The van der Waals surface area contributed by atoms with E-state index in [2.05, 4.69) is 17.2 Å². The standard InChI is InChI=1S/C28H33ClN6O6/c1-6-7-13-34-21-22(31-25(34)33-12-8-9-19(16-33)30-26(39)41-28(2,3)4)32(5)27(40)35(23(21)36)15-17-10-11-18(29)14-20(17)24(37)38/h10-11,14,19H,8-9,12-13,15-16H2,1-5H3,(H,30,39)(H,37,38). The van der Waals surface area contributed by atoms with Crippen molar-refractivity contribution in [1.29, 1.82) is 0 Å². The van der Waals surface area contributed by atoms with Crippen LogP contribution in [0, 0.1) is 11.8 Å². The van der Waals surface area contributed by atoms with Crippen LogP contribution in [-0.4, -0.2) is 60.6 Å². The van der Waals surface area contributed by atoms with Crippen LogP contribution in [0.5, 0.6) is 0 Å². The number of nitrogens with zero attached hydrogens (tertiary/aromatic N) is 5. The smallest absolute Gasteiger partial charge is 0.407 e. The van der Waals surface area contributed by atoms with Crippen LogP contribution in [0.1, 0.15) is 56.5 Å². The number of carbonyl (C=O) groups excluding carboxylic acids is 1. The van der Waals surface area contributed by atoms with Gasteiger partial charge in [-0.25, -0.2) is 14.4 Å². The zero-order valence-electron chi connectivity index (χ0n) is 23.7. The molecule has 2 aromatic heterocycles. The van der Waals surface area contributed by atoms with Gasteiger partial charge in [0.05, 0.1) is 18.7 Å². The first-order chi connectivity index (χ1) is 19.3. The Morgan fingerprint density at radius 3 is 2.63 bits per heavy atom. The van der Waals surface area contributed by atoms with Crippen molar-refractivity contribution in [1.82, 2.24) is 24.0 Å². The number of anilines is 1. The van der Waals surface area contributed by atoms with E-state index in [0.717, 1.165) is 17.4 Å². The van der Waals surface area contributed by atoms with Gasteiger partial charge in [-0.2, -0.15) is 4.98 Å². The summed E-state index contributed by atoms with van der Waals surface area (Å²) in [5.74, 6) is 5.04. The molecule has 1 aromatic carbocycles. The Morgan fingerprint density at radius 2 is 1.98 bits per heavy atom. The van der Waals surface area contributed by atoms with Crippen LogP contribution in [0.25, 0.3) is 11.2 Å². The summed E-state index contributed by atoms with van der Waals surface area (Å²) < 4.78 is 9.33. The van der Waals surface area contributed by atoms with E-state index in [0.29, 0.717) is 19.0 Å². The van der Waals surface area contributed by atoms with Gasteiger partial charge in [-0.1, -0.05) is 23.6 Å². The quantitative estimate of drug-likeness (QED) is 0.421. The van der Waals surface area contributed by atoms with Crippen LogP contribution < -0.4 is 21.5 Å². The number of piperidine rings is 1. The Bertz CT molecular complexity index is 1690. The third-order valence-electron chi connectivity index (χ3n) is 6.68. The average Bonchev–Trinajstić information content (AvgIpc) is 3.28. The first-order valence-electron chi connectivity index (χ1n) is 13.2. The monoisotopic (exact) mass is 584 g/mol. The van der Waals surface area contributed by atoms with E-state index in [-0.39, 0.29) is 46.4 Å². The Balaban J connectivity index is 1.79. The molecule has 1 atom stereocenters. The van der Waals surface area contributed by atoms with Crippen LogP contribution in [-0.2, 0) is 24.9 Å². The fourth-order valence-electron chi connectivity index (χ4n) is 4.86. The summed E-state index contributed by atoms with van der Waals surface area (Å²) in [5.41, 5.74) is -1.39. The highest BCUT2D eigenvalue weighted by Crippen LogP contribution is 2.24. The maximum atomic E-state index is 13.9. The van der Waals surface area contributed by atoms with Gasteiger partial charge in [0.15, 0.2) is 11.2 Å². The molecule has 218 valence electrons. The van der Waals surface area contributed by atoms with Crippen LogP contribution in [0.15, 0.2) is 27.8 Å². The van der Waals surface area contributed by atoms with Crippen molar-refractivity contribution < 1.29 is 19.4 Å². The second-order valence-corrected chi connectivity index (χ2v) is 11.3. The zero-order valence-corrected chi connectivity index (χ0v) is 24.4. The van der Waals surface area contributed by atoms with Gasteiger partial charge in [0.1, 0.15) is 5.60 Å². The van der Waals surface area contributed by atoms with E-state index in [1.807, 2.05) is 4.90 Å². The van der Waals surface area contributed by atoms with E-state index in [1.54, 1.807) is 32.3 Å². The molecule has 1 amide bonds. The number of carboxylic acid groups (broad SMARTS) is 1. The highest BCUT2D eigenvalue weighted by molar-refractivity contribution is 6.31. The van der Waals surface area contributed by atoms with Crippen molar-refractivity contribution in [2.45, 2.75) is 65.3 Å². The summed E-state index contributed by atoms with van der Waals surface area (Å²) in [4.78, 5) is 58.1. The molecule has 1 saturated heterocycles. The topological polar surface area (TPSA) is 141 Å². The number of aromatic nitrogens is 4. The Morgan fingerprint density at radius 1 is 1.24 bits per heavy atom. The number of alkyl carbamates (subject to hydrolysis) is 1. The van der Waals surface area contributed by atoms with Gasteiger partial charge in [0.2, 0.25) is 5.95 Å². The number of hydrogen-bond donors (Lipinski definition) is 2. The van der Waals surface area contributed by atoms with Gasteiger partial charge in [-0.05, 0) is 58.2 Å². The Labute approximate surface area is 241 Å². The number of imidazole rings is 1. The van der Waals surface area contributed by atoms with Crippen molar-refractivity contribution in [2.24, 2.45) is 7.05 Å². The van der Waals surface area contributed by atoms with Gasteiger partial charge in [-0.3, -0.25) is 18.5 Å². The van der Waals surface area contributed by atoms with Crippen molar-refractivity contribution in [2.75, 3.05) is 18.0 Å². The number of aryl methyl sites for hydroxylation is 1. The predicted molar refractivity (Wildman–Crippen MR) is 155 cm³/mol. The zero-order chi connectivity index (χ0) is 30.1. The van der Waals surface area contributed by atoms with Gasteiger partial charge in [0.25, 0.3) is 5.56 Å². The number of benzene rings is 1. The molecule has 0 radical (unpaired) electrons. The summed E-state index contributed by atoms with van der Waals surface area (Å²) in [6.45, 7) is 7.96. The minimum absolute atomic E-state index is 0.102. The molecule has 13 heteroatoms. The molecule has 41 heavy (non-hydrogen) atoms. The summed E-state index contributed by atoms with van der Waals surface area (Å²) in [5, 5.41) is 12.8. The molecule has 0 bridgehead atoms. The number of aromatic carboxylic acids is 1. The summed E-state index contributed by atoms with van der Waals surface area (Å²) in [6.07, 6.45) is 0.979. The van der Waals surface area contributed by atoms with Crippen LogP contribution in [0.2, 0.25) is 5.02 Å². The highest BCUT2D eigenvalue weighted by Gasteiger charge is 2.29. The fourth-order valence-corrected chi connectivity index (χ4v) is 5.03. The molecular formula is C28H33ClN6O6. The van der Waals surface area contributed by atoms with Crippen molar-refractivity contribution in [3.05, 3.63) is 55.2 Å². The van der Waals surface area contributed by atoms with E-state index >= 15 is 0 Å². The minimum Gasteiger partial charge on any atom is -0.478 e. The van der Waals surface area contributed by atoms with Gasteiger partial charge >= 0.3 is 17.8 Å². The third kappa shape index (κ3) is 6.41. The van der Waals surface area contributed by atoms with Gasteiger partial charge in [0, 0.05) is 31.2 Å². The Kier molecular flexibility index (Phi) is 8.49. The lowest BCUT2D eigenvalue weighted by atomic mass is 10.1. The number of ether oxygens (including phenoxy) is 1. The molecule has 1 fully saturated rings. The number of fused-ring (bicyclic) bond motifs is 1. The van der Waals surface area contributed by atoms with E-state index in [9.17, 15) is 24.3 Å². The molecule has 0 spiro atoms. The molecule has 1 unspecified atom stereocenters. The summed E-state index contributed by atoms with van der Waals surface area (Å²) >= 11 is 5.98. The molecular weight excluding hydrogens is 552 g/mol. The molecule has 12 nitrogen and oxygen atoms in total.